The number of nitrogens with one attached hydrogen (secondary N) is 1. The van der Waals surface area contributed by atoms with Crippen LogP contribution in [0.2, 0.25) is 0 Å². The number of carbonyl (C=O) groups excluding carboxylic acids is 1. The molecular weight excluding hydrogens is 470 g/mol. The lowest BCUT2D eigenvalue weighted by atomic mass is 10.1. The fourth-order valence-electron chi connectivity index (χ4n) is 3.80. The summed E-state index contributed by atoms with van der Waals surface area (Å²) in [6.45, 7) is 10.3. The van der Waals surface area contributed by atoms with Gasteiger partial charge < -0.3 is 15.0 Å². The Labute approximate surface area is 196 Å². The molecule has 0 bridgehead atoms. The highest BCUT2D eigenvalue weighted by atomic mass is 79.9. The third-order valence-electron chi connectivity index (χ3n) is 5.67. The maximum absolute atomic E-state index is 12.3. The number of aryl methyl sites for hydroxylation is 1. The molecule has 7 nitrogen and oxygen atoms in total. The Morgan fingerprint density at radius 1 is 1.09 bits per heavy atom. The van der Waals surface area contributed by atoms with E-state index in [1.165, 1.54) is 0 Å². The van der Waals surface area contributed by atoms with Crippen molar-refractivity contribution in [1.82, 2.24) is 14.9 Å². The van der Waals surface area contributed by atoms with Gasteiger partial charge in [-0.05, 0) is 63.2 Å². The molecule has 1 amide bonds. The molecule has 0 saturated carbocycles. The Morgan fingerprint density at radius 2 is 1.81 bits per heavy atom. The highest BCUT2D eigenvalue weighted by Gasteiger charge is 2.21. The van der Waals surface area contributed by atoms with E-state index < -0.39 is 0 Å². The summed E-state index contributed by atoms with van der Waals surface area (Å²) in [5.74, 6) is 1.21. The minimum atomic E-state index is -0.217. The summed E-state index contributed by atoms with van der Waals surface area (Å²) in [5, 5.41) is 3.82. The first-order valence-electron chi connectivity index (χ1n) is 10.8. The fourth-order valence-corrected chi connectivity index (χ4v) is 4.06. The van der Waals surface area contributed by atoms with Gasteiger partial charge in [-0.3, -0.25) is 9.69 Å². The molecule has 0 unspecified atom stereocenters. The summed E-state index contributed by atoms with van der Waals surface area (Å²) < 4.78 is 6.51. The number of piperazine rings is 1. The van der Waals surface area contributed by atoms with Crippen molar-refractivity contribution in [2.24, 2.45) is 0 Å². The normalized spacial score (nSPS) is 14.7. The van der Waals surface area contributed by atoms with Gasteiger partial charge in [0.05, 0.1) is 11.2 Å². The quantitative estimate of drug-likeness (QED) is 0.548. The molecule has 1 aliphatic rings. The molecule has 168 valence electrons. The van der Waals surface area contributed by atoms with Crippen LogP contribution in [-0.2, 0) is 4.79 Å². The van der Waals surface area contributed by atoms with Gasteiger partial charge in [0.2, 0.25) is 5.95 Å². The van der Waals surface area contributed by atoms with Crippen LogP contribution >= 0.6 is 15.9 Å². The van der Waals surface area contributed by atoms with E-state index in [-0.39, 0.29) is 12.5 Å². The first-order valence-corrected chi connectivity index (χ1v) is 11.6. The average Bonchev–Trinajstić information content (AvgIpc) is 2.79. The minimum Gasteiger partial charge on any atom is -0.484 e. The number of benzene rings is 2. The second-order valence-electron chi connectivity index (χ2n) is 8.25. The zero-order valence-corrected chi connectivity index (χ0v) is 20.2. The van der Waals surface area contributed by atoms with Gasteiger partial charge in [0.15, 0.2) is 6.61 Å². The number of aromatic nitrogens is 2. The van der Waals surface area contributed by atoms with Gasteiger partial charge in [-0.1, -0.05) is 15.9 Å². The minimum absolute atomic E-state index is 0.0591. The number of hydrogen-bond donors (Lipinski definition) is 1. The number of hydrogen-bond acceptors (Lipinski definition) is 6. The van der Waals surface area contributed by atoms with E-state index in [1.807, 2.05) is 49.4 Å². The number of rotatable bonds is 6. The molecule has 2 heterocycles. The lowest BCUT2D eigenvalue weighted by Gasteiger charge is -2.37. The standard InChI is InChI=1S/C24H28BrN5O2/c1-16(2)29-10-12-30(13-11-29)24-26-17(3)21-14-19(6-9-22(21)28-24)27-23(31)15-32-20-7-4-18(25)5-8-20/h4-9,14,16H,10-13,15H2,1-3H3,(H,27,31). The SMILES string of the molecule is Cc1nc(N2CCN(C(C)C)CC2)nc2ccc(NC(=O)COc3ccc(Br)cc3)cc12. The van der Waals surface area contributed by atoms with Gasteiger partial charge in [0, 0.05) is 47.8 Å². The van der Waals surface area contributed by atoms with E-state index in [1.54, 1.807) is 0 Å². The second-order valence-corrected chi connectivity index (χ2v) is 9.16. The van der Waals surface area contributed by atoms with E-state index in [0.717, 1.165) is 53.2 Å². The molecule has 1 saturated heterocycles. The molecule has 0 atom stereocenters. The largest absolute Gasteiger partial charge is 0.484 e. The molecule has 0 spiro atoms. The molecule has 0 radical (unpaired) electrons. The zero-order chi connectivity index (χ0) is 22.7. The van der Waals surface area contributed by atoms with E-state index >= 15 is 0 Å². The molecule has 1 fully saturated rings. The summed E-state index contributed by atoms with van der Waals surface area (Å²) in [7, 11) is 0. The average molecular weight is 498 g/mol. The van der Waals surface area contributed by atoms with Gasteiger partial charge in [-0.25, -0.2) is 9.97 Å². The Hall–Kier alpha value is -2.71. The predicted octanol–water partition coefficient (Wildman–Crippen LogP) is 4.25. The number of halogens is 1. The fraction of sp³-hybridized carbons (Fsp3) is 0.375. The molecule has 1 aliphatic heterocycles. The number of nitrogens with zero attached hydrogens (tertiary/aromatic N) is 4. The topological polar surface area (TPSA) is 70.6 Å². The van der Waals surface area contributed by atoms with Crippen LogP contribution in [0.3, 0.4) is 0 Å². The molecule has 1 aromatic heterocycles. The molecule has 8 heteroatoms. The lowest BCUT2D eigenvalue weighted by Crippen LogP contribution is -2.49. The summed E-state index contributed by atoms with van der Waals surface area (Å²) in [5.41, 5.74) is 2.48. The van der Waals surface area contributed by atoms with Crippen molar-refractivity contribution >= 4 is 44.4 Å². The third-order valence-corrected chi connectivity index (χ3v) is 6.20. The molecule has 1 N–H and O–H groups in total. The van der Waals surface area contributed by atoms with Crippen molar-refractivity contribution in [3.63, 3.8) is 0 Å². The third kappa shape index (κ3) is 5.37. The maximum atomic E-state index is 12.3. The van der Waals surface area contributed by atoms with Gasteiger partial charge in [-0.15, -0.1) is 0 Å². The van der Waals surface area contributed by atoms with Crippen LogP contribution in [0.5, 0.6) is 5.75 Å². The van der Waals surface area contributed by atoms with Gasteiger partial charge in [-0.2, -0.15) is 0 Å². The number of amides is 1. The molecule has 3 aromatic rings. The van der Waals surface area contributed by atoms with Gasteiger partial charge in [0.25, 0.3) is 5.91 Å². The van der Waals surface area contributed by atoms with Crippen LogP contribution < -0.4 is 15.0 Å². The highest BCUT2D eigenvalue weighted by Crippen LogP contribution is 2.24. The predicted molar refractivity (Wildman–Crippen MR) is 131 cm³/mol. The molecule has 4 rings (SSSR count). The van der Waals surface area contributed by atoms with Crippen molar-refractivity contribution < 1.29 is 9.53 Å². The van der Waals surface area contributed by atoms with Crippen molar-refractivity contribution in [2.45, 2.75) is 26.8 Å². The summed E-state index contributed by atoms with van der Waals surface area (Å²) >= 11 is 3.38. The maximum Gasteiger partial charge on any atom is 0.262 e. The van der Waals surface area contributed by atoms with Crippen molar-refractivity contribution in [2.75, 3.05) is 43.0 Å². The first-order chi connectivity index (χ1) is 15.4. The van der Waals surface area contributed by atoms with Crippen molar-refractivity contribution in [1.29, 1.82) is 0 Å². The molecule has 2 aromatic carbocycles. The Bertz CT molecular complexity index is 1100. The second kappa shape index (κ2) is 9.83. The van der Waals surface area contributed by atoms with E-state index in [0.29, 0.717) is 17.5 Å². The lowest BCUT2D eigenvalue weighted by molar-refractivity contribution is -0.118. The summed E-state index contributed by atoms with van der Waals surface area (Å²) in [6.07, 6.45) is 0. The number of fused-ring (bicyclic) bond motifs is 1. The summed E-state index contributed by atoms with van der Waals surface area (Å²) in [6, 6.07) is 13.7. The van der Waals surface area contributed by atoms with Crippen LogP contribution in [0.15, 0.2) is 46.9 Å². The van der Waals surface area contributed by atoms with Crippen LogP contribution in [0, 0.1) is 6.92 Å². The number of ether oxygens (including phenoxy) is 1. The van der Waals surface area contributed by atoms with Crippen LogP contribution in [0.25, 0.3) is 10.9 Å². The molecule has 32 heavy (non-hydrogen) atoms. The smallest absolute Gasteiger partial charge is 0.262 e. The Morgan fingerprint density at radius 3 is 2.50 bits per heavy atom. The van der Waals surface area contributed by atoms with Crippen molar-refractivity contribution in [3.8, 4) is 5.75 Å². The van der Waals surface area contributed by atoms with Gasteiger partial charge >= 0.3 is 0 Å². The van der Waals surface area contributed by atoms with Crippen molar-refractivity contribution in [3.05, 3.63) is 52.6 Å². The monoisotopic (exact) mass is 497 g/mol. The van der Waals surface area contributed by atoms with Crippen LogP contribution in [0.1, 0.15) is 19.5 Å². The zero-order valence-electron chi connectivity index (χ0n) is 18.6. The summed E-state index contributed by atoms with van der Waals surface area (Å²) in [4.78, 5) is 26.6. The van der Waals surface area contributed by atoms with Gasteiger partial charge in [0.1, 0.15) is 5.75 Å². The number of carbonyl (C=O) groups is 1. The van der Waals surface area contributed by atoms with Crippen LogP contribution in [-0.4, -0.2) is 59.6 Å². The van der Waals surface area contributed by atoms with E-state index in [2.05, 4.69) is 44.9 Å². The Balaban J connectivity index is 1.41. The van der Waals surface area contributed by atoms with E-state index in [4.69, 9.17) is 14.7 Å². The molecule has 0 aliphatic carbocycles. The Kier molecular flexibility index (Phi) is 6.91. The highest BCUT2D eigenvalue weighted by molar-refractivity contribution is 9.10. The van der Waals surface area contributed by atoms with E-state index in [9.17, 15) is 4.79 Å². The molecular formula is C24H28BrN5O2. The number of anilines is 2. The van der Waals surface area contributed by atoms with Crippen LogP contribution in [0.4, 0.5) is 11.6 Å². The first kappa shape index (κ1) is 22.5.